The summed E-state index contributed by atoms with van der Waals surface area (Å²) in [7, 11) is 1.67. The molecule has 4 saturated heterocycles. The third-order valence-electron chi connectivity index (χ3n) is 6.63. The number of aromatic amines is 2. The maximum Gasteiger partial charge on any atom is 0.272 e. The molecule has 0 saturated carbocycles. The van der Waals surface area contributed by atoms with Crippen LogP contribution in [-0.4, -0.2) is 64.7 Å². The molecule has 2 aromatic rings. The molecule has 7 heteroatoms. The van der Waals surface area contributed by atoms with Crippen LogP contribution in [-0.2, 0) is 0 Å². The topological polar surface area (TPSA) is 81.4 Å². The molecule has 3 atom stereocenters. The Bertz CT molecular complexity index is 894. The van der Waals surface area contributed by atoms with Crippen molar-refractivity contribution < 1.29 is 9.53 Å². The molecule has 2 N–H and O–H groups in total. The summed E-state index contributed by atoms with van der Waals surface area (Å²) in [5, 5.41) is 5.21. The highest BCUT2D eigenvalue weighted by atomic mass is 16.5. The summed E-state index contributed by atoms with van der Waals surface area (Å²) in [5.41, 5.74) is 1.33. The van der Waals surface area contributed by atoms with Gasteiger partial charge in [0.2, 0.25) is 0 Å². The molecular formula is C20H24N4O3. The smallest absolute Gasteiger partial charge is 0.272 e. The van der Waals surface area contributed by atoms with E-state index in [2.05, 4.69) is 27.2 Å². The van der Waals surface area contributed by atoms with Gasteiger partial charge in [0.05, 0.1) is 13.2 Å². The van der Waals surface area contributed by atoms with E-state index in [1.807, 2.05) is 17.0 Å². The molecule has 1 aromatic heterocycles. The van der Waals surface area contributed by atoms with Crippen molar-refractivity contribution in [1.82, 2.24) is 20.0 Å². The Balaban J connectivity index is 1.51. The first-order valence-electron chi connectivity index (χ1n) is 9.62. The van der Waals surface area contributed by atoms with E-state index in [1.165, 1.54) is 11.6 Å². The molecule has 0 spiro atoms. The lowest BCUT2D eigenvalue weighted by atomic mass is 9.75. The van der Waals surface area contributed by atoms with Crippen LogP contribution in [0.3, 0.4) is 0 Å². The largest absolute Gasteiger partial charge is 0.497 e. The SMILES string of the molecule is COc1ccc([C@@H]2CN(C(=O)c3cc(=O)[nH][nH]3)[C@@H]3C4CCN(CC4)[C@@H]32)cc1. The van der Waals surface area contributed by atoms with Gasteiger partial charge >= 0.3 is 0 Å². The first-order valence-corrected chi connectivity index (χ1v) is 9.62. The highest BCUT2D eigenvalue weighted by Crippen LogP contribution is 2.47. The minimum Gasteiger partial charge on any atom is -0.497 e. The fraction of sp³-hybridized carbons (Fsp3) is 0.500. The minimum atomic E-state index is -0.269. The lowest BCUT2D eigenvalue weighted by molar-refractivity contribution is -0.00358. The van der Waals surface area contributed by atoms with Crippen LogP contribution in [0.25, 0.3) is 0 Å². The van der Waals surface area contributed by atoms with Gasteiger partial charge in [-0.05, 0) is 49.5 Å². The summed E-state index contributed by atoms with van der Waals surface area (Å²) >= 11 is 0. The maximum absolute atomic E-state index is 13.2. The quantitative estimate of drug-likeness (QED) is 0.858. The summed E-state index contributed by atoms with van der Waals surface area (Å²) in [5.74, 6) is 1.58. The van der Waals surface area contributed by atoms with Gasteiger partial charge in [-0.2, -0.15) is 0 Å². The molecule has 6 rings (SSSR count). The number of piperidine rings is 3. The normalized spacial score (nSPS) is 31.7. The van der Waals surface area contributed by atoms with Crippen molar-refractivity contribution in [3.63, 3.8) is 0 Å². The van der Waals surface area contributed by atoms with Gasteiger partial charge in [0.1, 0.15) is 11.4 Å². The van der Waals surface area contributed by atoms with E-state index in [0.29, 0.717) is 24.2 Å². The van der Waals surface area contributed by atoms with Gasteiger partial charge in [-0.1, -0.05) is 12.1 Å². The summed E-state index contributed by atoms with van der Waals surface area (Å²) < 4.78 is 5.30. The van der Waals surface area contributed by atoms with Crippen LogP contribution in [0.15, 0.2) is 35.1 Å². The van der Waals surface area contributed by atoms with E-state index in [4.69, 9.17) is 4.74 Å². The van der Waals surface area contributed by atoms with Gasteiger partial charge in [0, 0.05) is 24.6 Å². The maximum atomic E-state index is 13.2. The van der Waals surface area contributed by atoms with Crippen molar-refractivity contribution >= 4 is 5.91 Å². The van der Waals surface area contributed by atoms with Crippen LogP contribution >= 0.6 is 0 Å². The molecule has 0 radical (unpaired) electrons. The lowest BCUT2D eigenvalue weighted by Gasteiger charge is -2.51. The number of aromatic nitrogens is 2. The van der Waals surface area contributed by atoms with Crippen LogP contribution < -0.4 is 10.3 Å². The summed E-state index contributed by atoms with van der Waals surface area (Å²) in [6, 6.07) is 10.2. The van der Waals surface area contributed by atoms with Gasteiger partial charge in [0.25, 0.3) is 11.5 Å². The highest BCUT2D eigenvalue weighted by Gasteiger charge is 2.54. The molecule has 5 heterocycles. The number of carbonyl (C=O) groups excluding carboxylic acids is 1. The van der Waals surface area contributed by atoms with E-state index in [9.17, 15) is 9.59 Å². The van der Waals surface area contributed by atoms with Crippen molar-refractivity contribution in [2.75, 3.05) is 26.7 Å². The molecule has 4 aliphatic rings. The second kappa shape index (κ2) is 6.27. The Kier molecular flexibility index (Phi) is 3.86. The molecule has 2 bridgehead atoms. The Morgan fingerprint density at radius 1 is 1.11 bits per heavy atom. The van der Waals surface area contributed by atoms with Crippen molar-refractivity contribution in [3.8, 4) is 5.75 Å². The van der Waals surface area contributed by atoms with E-state index < -0.39 is 0 Å². The lowest BCUT2D eigenvalue weighted by Crippen LogP contribution is -2.60. The third kappa shape index (κ3) is 2.60. The predicted molar refractivity (Wildman–Crippen MR) is 100 cm³/mol. The number of likely N-dealkylation sites (tertiary alicyclic amines) is 1. The number of hydrogen-bond donors (Lipinski definition) is 2. The molecule has 1 amide bonds. The highest BCUT2D eigenvalue weighted by molar-refractivity contribution is 5.92. The monoisotopic (exact) mass is 368 g/mol. The fourth-order valence-corrected chi connectivity index (χ4v) is 5.40. The number of carbonyl (C=O) groups is 1. The zero-order valence-corrected chi connectivity index (χ0v) is 15.4. The second-order valence-corrected chi connectivity index (χ2v) is 7.86. The van der Waals surface area contributed by atoms with Crippen LogP contribution in [0, 0.1) is 5.92 Å². The Morgan fingerprint density at radius 3 is 2.48 bits per heavy atom. The average Bonchev–Trinajstić information content (AvgIpc) is 3.34. The number of amides is 1. The summed E-state index contributed by atoms with van der Waals surface area (Å²) in [6.07, 6.45) is 2.29. The number of fused-ring (bicyclic) bond motifs is 2. The van der Waals surface area contributed by atoms with Gasteiger partial charge in [0.15, 0.2) is 0 Å². The number of benzene rings is 1. The van der Waals surface area contributed by atoms with E-state index in [1.54, 1.807) is 7.11 Å². The minimum absolute atomic E-state index is 0.0758. The van der Waals surface area contributed by atoms with Crippen molar-refractivity contribution in [3.05, 3.63) is 51.9 Å². The zero-order chi connectivity index (χ0) is 18.5. The number of rotatable bonds is 3. The van der Waals surface area contributed by atoms with Crippen LogP contribution in [0.4, 0.5) is 0 Å². The Morgan fingerprint density at radius 2 is 1.85 bits per heavy atom. The van der Waals surface area contributed by atoms with Crippen molar-refractivity contribution in [1.29, 1.82) is 0 Å². The Labute approximate surface area is 157 Å². The zero-order valence-electron chi connectivity index (χ0n) is 15.4. The summed E-state index contributed by atoms with van der Waals surface area (Å²) in [4.78, 5) is 29.2. The van der Waals surface area contributed by atoms with Crippen molar-refractivity contribution in [2.24, 2.45) is 5.92 Å². The van der Waals surface area contributed by atoms with E-state index in [-0.39, 0.29) is 23.4 Å². The number of H-pyrrole nitrogens is 2. The van der Waals surface area contributed by atoms with Crippen LogP contribution in [0.5, 0.6) is 5.75 Å². The molecular weight excluding hydrogens is 344 g/mol. The summed E-state index contributed by atoms with van der Waals surface area (Å²) in [6.45, 7) is 2.91. The predicted octanol–water partition coefficient (Wildman–Crippen LogP) is 1.41. The molecule has 0 aliphatic carbocycles. The van der Waals surface area contributed by atoms with Crippen LogP contribution in [0.1, 0.15) is 34.8 Å². The fourth-order valence-electron chi connectivity index (χ4n) is 5.40. The average molecular weight is 368 g/mol. The van der Waals surface area contributed by atoms with E-state index >= 15 is 0 Å². The van der Waals surface area contributed by atoms with E-state index in [0.717, 1.165) is 31.7 Å². The molecule has 27 heavy (non-hydrogen) atoms. The first-order chi connectivity index (χ1) is 13.2. The number of methoxy groups -OCH3 is 1. The number of hydrogen-bond acceptors (Lipinski definition) is 4. The molecule has 0 unspecified atom stereocenters. The van der Waals surface area contributed by atoms with Gasteiger partial charge in [-0.15, -0.1) is 0 Å². The van der Waals surface area contributed by atoms with Gasteiger partial charge in [-0.25, -0.2) is 0 Å². The van der Waals surface area contributed by atoms with Gasteiger partial charge < -0.3 is 9.64 Å². The third-order valence-corrected chi connectivity index (χ3v) is 6.63. The molecule has 142 valence electrons. The number of nitrogens with zero attached hydrogens (tertiary/aromatic N) is 2. The Hall–Kier alpha value is -2.54. The number of nitrogens with one attached hydrogen (secondary N) is 2. The van der Waals surface area contributed by atoms with Crippen LogP contribution in [0.2, 0.25) is 0 Å². The van der Waals surface area contributed by atoms with Gasteiger partial charge in [-0.3, -0.25) is 24.7 Å². The molecule has 4 aliphatic heterocycles. The standard InChI is InChI=1S/C20H24N4O3/c1-27-14-4-2-12(3-5-14)15-11-24(20(26)16-10-17(25)22-21-16)18-13-6-8-23(9-7-13)19(15)18/h2-5,10,13,15,18-19H,6-9,11H2,1H3,(H2,21,22,25)/t15-,18+,19+/m0/s1. The van der Waals surface area contributed by atoms with Crippen molar-refractivity contribution in [2.45, 2.75) is 30.8 Å². The first kappa shape index (κ1) is 16.6. The molecule has 7 nitrogen and oxygen atoms in total. The number of ether oxygens (including phenoxy) is 1. The molecule has 4 fully saturated rings. The second-order valence-electron chi connectivity index (χ2n) is 7.86. The molecule has 1 aromatic carbocycles.